The molecule has 2 nitrogen and oxygen atoms in total. The monoisotopic (exact) mass is 289 g/mol. The first-order valence-corrected chi connectivity index (χ1v) is 8.57. The van der Waals surface area contributed by atoms with Crippen molar-refractivity contribution in [3.05, 3.63) is 29.8 Å². The molecule has 1 aliphatic carbocycles. The Morgan fingerprint density at radius 1 is 1.24 bits per heavy atom. The summed E-state index contributed by atoms with van der Waals surface area (Å²) in [4.78, 5) is 0. The molecular weight excluding hydrogens is 258 g/mol. The average Bonchev–Trinajstić information content (AvgIpc) is 2.48. The van der Waals surface area contributed by atoms with Crippen LogP contribution in [0.15, 0.2) is 24.3 Å². The van der Waals surface area contributed by atoms with E-state index in [1.807, 2.05) is 0 Å². The third-order valence-corrected chi connectivity index (χ3v) is 5.36. The van der Waals surface area contributed by atoms with E-state index in [9.17, 15) is 0 Å². The SMILES string of the molecule is CCNC1CC(Oc2cccc(C(C)C)c2)C1(CC)CC. The predicted octanol–water partition coefficient (Wildman–Crippen LogP) is 4.75. The van der Waals surface area contributed by atoms with Crippen molar-refractivity contribution in [2.75, 3.05) is 6.54 Å². The summed E-state index contributed by atoms with van der Waals surface area (Å²) in [6.45, 7) is 12.3. The minimum absolute atomic E-state index is 0.295. The Morgan fingerprint density at radius 3 is 2.52 bits per heavy atom. The van der Waals surface area contributed by atoms with E-state index in [0.717, 1.165) is 18.7 Å². The molecular formula is C19H31NO. The highest BCUT2D eigenvalue weighted by molar-refractivity contribution is 5.31. The topological polar surface area (TPSA) is 21.3 Å². The lowest BCUT2D eigenvalue weighted by atomic mass is 9.58. The summed E-state index contributed by atoms with van der Waals surface area (Å²) in [7, 11) is 0. The fraction of sp³-hybridized carbons (Fsp3) is 0.684. The lowest BCUT2D eigenvalue weighted by Gasteiger charge is -2.55. The molecule has 1 saturated carbocycles. The molecule has 2 heteroatoms. The molecule has 0 bridgehead atoms. The van der Waals surface area contributed by atoms with Crippen LogP contribution in [-0.4, -0.2) is 18.7 Å². The van der Waals surface area contributed by atoms with Crippen LogP contribution in [0.1, 0.15) is 65.4 Å². The van der Waals surface area contributed by atoms with Crippen molar-refractivity contribution < 1.29 is 4.74 Å². The minimum atomic E-state index is 0.295. The molecule has 2 rings (SSSR count). The average molecular weight is 289 g/mol. The van der Waals surface area contributed by atoms with Gasteiger partial charge in [0.15, 0.2) is 0 Å². The van der Waals surface area contributed by atoms with Gasteiger partial charge in [0.2, 0.25) is 0 Å². The van der Waals surface area contributed by atoms with E-state index in [2.05, 4.69) is 64.2 Å². The van der Waals surface area contributed by atoms with Gasteiger partial charge in [-0.15, -0.1) is 0 Å². The van der Waals surface area contributed by atoms with Crippen molar-refractivity contribution in [2.24, 2.45) is 5.41 Å². The van der Waals surface area contributed by atoms with Crippen molar-refractivity contribution in [1.29, 1.82) is 0 Å². The van der Waals surface area contributed by atoms with Gasteiger partial charge in [0, 0.05) is 17.9 Å². The summed E-state index contributed by atoms with van der Waals surface area (Å²) in [6, 6.07) is 9.22. The number of hydrogen-bond donors (Lipinski definition) is 1. The van der Waals surface area contributed by atoms with Gasteiger partial charge in [-0.2, -0.15) is 0 Å². The molecule has 0 aliphatic heterocycles. The van der Waals surface area contributed by atoms with Crippen LogP contribution in [0.5, 0.6) is 5.75 Å². The number of nitrogens with one attached hydrogen (secondary N) is 1. The molecule has 1 aromatic carbocycles. The van der Waals surface area contributed by atoms with E-state index in [-0.39, 0.29) is 0 Å². The van der Waals surface area contributed by atoms with Gasteiger partial charge in [0.25, 0.3) is 0 Å². The maximum Gasteiger partial charge on any atom is 0.120 e. The third-order valence-electron chi connectivity index (χ3n) is 5.36. The molecule has 0 aromatic heterocycles. The van der Waals surface area contributed by atoms with Crippen LogP contribution >= 0.6 is 0 Å². The molecule has 118 valence electrons. The van der Waals surface area contributed by atoms with Crippen LogP contribution in [0.3, 0.4) is 0 Å². The van der Waals surface area contributed by atoms with Gasteiger partial charge in [-0.3, -0.25) is 0 Å². The zero-order valence-corrected chi connectivity index (χ0v) is 14.3. The summed E-state index contributed by atoms with van der Waals surface area (Å²) in [5.74, 6) is 1.58. The Hall–Kier alpha value is -1.02. The van der Waals surface area contributed by atoms with Crippen molar-refractivity contribution in [3.8, 4) is 5.75 Å². The van der Waals surface area contributed by atoms with E-state index < -0.39 is 0 Å². The second kappa shape index (κ2) is 6.83. The molecule has 21 heavy (non-hydrogen) atoms. The van der Waals surface area contributed by atoms with E-state index in [1.54, 1.807) is 0 Å². The van der Waals surface area contributed by atoms with Gasteiger partial charge < -0.3 is 10.1 Å². The van der Waals surface area contributed by atoms with Gasteiger partial charge in [-0.1, -0.05) is 46.8 Å². The Kier molecular flexibility index (Phi) is 5.32. The van der Waals surface area contributed by atoms with Crippen LogP contribution in [0, 0.1) is 5.41 Å². The molecule has 0 saturated heterocycles. The van der Waals surface area contributed by atoms with Gasteiger partial charge in [-0.25, -0.2) is 0 Å². The first-order valence-electron chi connectivity index (χ1n) is 8.57. The smallest absolute Gasteiger partial charge is 0.120 e. The Balaban J connectivity index is 2.11. The molecule has 0 heterocycles. The Morgan fingerprint density at radius 2 is 1.95 bits per heavy atom. The highest BCUT2D eigenvalue weighted by Crippen LogP contribution is 2.49. The van der Waals surface area contributed by atoms with E-state index in [0.29, 0.717) is 23.5 Å². The summed E-state index contributed by atoms with van der Waals surface area (Å²) in [5.41, 5.74) is 1.65. The lowest BCUT2D eigenvalue weighted by molar-refractivity contribution is -0.0854. The predicted molar refractivity (Wildman–Crippen MR) is 90.0 cm³/mol. The second-order valence-corrected chi connectivity index (χ2v) is 6.62. The van der Waals surface area contributed by atoms with Gasteiger partial charge >= 0.3 is 0 Å². The van der Waals surface area contributed by atoms with Gasteiger partial charge in [-0.05, 0) is 43.0 Å². The highest BCUT2D eigenvalue weighted by Gasteiger charge is 2.53. The molecule has 2 atom stereocenters. The Bertz CT molecular complexity index is 451. The van der Waals surface area contributed by atoms with E-state index in [4.69, 9.17) is 4.74 Å². The zero-order chi connectivity index (χ0) is 15.5. The fourth-order valence-electron chi connectivity index (χ4n) is 3.76. The molecule has 0 amide bonds. The molecule has 2 unspecified atom stereocenters. The van der Waals surface area contributed by atoms with Gasteiger partial charge in [0.05, 0.1) is 0 Å². The molecule has 1 aliphatic rings. The van der Waals surface area contributed by atoms with Crippen LogP contribution in [-0.2, 0) is 0 Å². The standard InChI is InChI=1S/C19H31NO/c1-6-19(7-2)17(20-8-3)13-18(19)21-16-11-9-10-15(12-16)14(4)5/h9-12,14,17-18,20H,6-8,13H2,1-5H3. The van der Waals surface area contributed by atoms with Crippen molar-refractivity contribution in [2.45, 2.75) is 71.9 Å². The summed E-state index contributed by atoms with van der Waals surface area (Å²) < 4.78 is 6.38. The highest BCUT2D eigenvalue weighted by atomic mass is 16.5. The molecule has 0 spiro atoms. The van der Waals surface area contributed by atoms with Crippen LogP contribution < -0.4 is 10.1 Å². The number of hydrogen-bond acceptors (Lipinski definition) is 2. The summed E-state index contributed by atoms with van der Waals surface area (Å²) in [5, 5.41) is 3.64. The normalized spacial score (nSPS) is 23.9. The lowest BCUT2D eigenvalue weighted by Crippen LogP contribution is -2.64. The first kappa shape index (κ1) is 16.4. The first-order chi connectivity index (χ1) is 10.1. The minimum Gasteiger partial charge on any atom is -0.490 e. The number of ether oxygens (including phenoxy) is 1. The zero-order valence-electron chi connectivity index (χ0n) is 14.3. The second-order valence-electron chi connectivity index (χ2n) is 6.62. The summed E-state index contributed by atoms with van der Waals surface area (Å²) >= 11 is 0. The fourth-order valence-corrected chi connectivity index (χ4v) is 3.76. The maximum absolute atomic E-state index is 6.38. The molecule has 1 N–H and O–H groups in total. The van der Waals surface area contributed by atoms with Crippen molar-refractivity contribution in [3.63, 3.8) is 0 Å². The number of rotatable bonds is 7. The van der Waals surface area contributed by atoms with Crippen molar-refractivity contribution >= 4 is 0 Å². The Labute approximate surface area is 130 Å². The van der Waals surface area contributed by atoms with E-state index in [1.165, 1.54) is 18.4 Å². The van der Waals surface area contributed by atoms with Crippen LogP contribution in [0.2, 0.25) is 0 Å². The van der Waals surface area contributed by atoms with Gasteiger partial charge in [0.1, 0.15) is 11.9 Å². The molecule has 1 aromatic rings. The number of benzene rings is 1. The third kappa shape index (κ3) is 3.11. The quantitative estimate of drug-likeness (QED) is 0.782. The van der Waals surface area contributed by atoms with Crippen LogP contribution in [0.4, 0.5) is 0 Å². The molecule has 1 fully saturated rings. The maximum atomic E-state index is 6.38. The van der Waals surface area contributed by atoms with Crippen molar-refractivity contribution in [1.82, 2.24) is 5.32 Å². The van der Waals surface area contributed by atoms with E-state index >= 15 is 0 Å². The molecule has 0 radical (unpaired) electrons. The van der Waals surface area contributed by atoms with Crippen LogP contribution in [0.25, 0.3) is 0 Å². The summed E-state index contributed by atoms with van der Waals surface area (Å²) in [6.07, 6.45) is 3.83. The largest absolute Gasteiger partial charge is 0.490 e.